The molecule has 0 aromatic heterocycles. The zero-order valence-corrected chi connectivity index (χ0v) is 6.82. The van der Waals surface area contributed by atoms with Gasteiger partial charge in [0.25, 0.3) is 0 Å². The lowest BCUT2D eigenvalue weighted by Crippen LogP contribution is -2.45. The van der Waals surface area contributed by atoms with Gasteiger partial charge in [-0.1, -0.05) is 13.3 Å². The van der Waals surface area contributed by atoms with E-state index in [9.17, 15) is 22.4 Å². The fourth-order valence-corrected chi connectivity index (χ4v) is 0.661. The minimum atomic E-state index is -4.84. The Balaban J connectivity index is 4.49. The molecule has 0 aliphatic heterocycles. The van der Waals surface area contributed by atoms with Crippen molar-refractivity contribution in [1.82, 2.24) is 0 Å². The third kappa shape index (κ3) is 3.08. The highest BCUT2D eigenvalue weighted by molar-refractivity contribution is 5.65. The van der Waals surface area contributed by atoms with Crippen molar-refractivity contribution in [2.75, 3.05) is 0 Å². The van der Waals surface area contributed by atoms with Crippen LogP contribution in [0, 0.1) is 0 Å². The number of rotatable bonds is 4. The first-order valence-corrected chi connectivity index (χ1v) is 3.47. The molecule has 78 valence electrons. The molecule has 0 bridgehead atoms. The fourth-order valence-electron chi connectivity index (χ4n) is 0.661. The summed E-state index contributed by atoms with van der Waals surface area (Å²) >= 11 is 0. The van der Waals surface area contributed by atoms with Crippen molar-refractivity contribution >= 4 is 6.09 Å². The normalized spacial score (nSPS) is 12.7. The summed E-state index contributed by atoms with van der Waals surface area (Å²) in [5.41, 5.74) is 4.20. The molecule has 3 nitrogen and oxygen atoms in total. The van der Waals surface area contributed by atoms with E-state index in [1.165, 1.54) is 6.92 Å². The molecule has 1 amide bonds. The van der Waals surface area contributed by atoms with Crippen LogP contribution >= 0.6 is 0 Å². The molecule has 2 N–H and O–H groups in total. The first-order valence-electron chi connectivity index (χ1n) is 3.47. The van der Waals surface area contributed by atoms with Crippen LogP contribution in [0.15, 0.2) is 0 Å². The maximum Gasteiger partial charge on any atom is 0.467 e. The van der Waals surface area contributed by atoms with Crippen LogP contribution < -0.4 is 5.73 Å². The van der Waals surface area contributed by atoms with Crippen LogP contribution in [0.2, 0.25) is 0 Å². The summed E-state index contributed by atoms with van der Waals surface area (Å²) in [5.74, 6) is -4.38. The Morgan fingerprint density at radius 1 is 1.38 bits per heavy atom. The van der Waals surface area contributed by atoms with Crippen molar-refractivity contribution in [3.63, 3.8) is 0 Å². The molecule has 0 radical (unpaired) electrons. The summed E-state index contributed by atoms with van der Waals surface area (Å²) in [6, 6.07) is 0. The largest absolute Gasteiger partial charge is 0.467 e. The Morgan fingerprint density at radius 3 is 2.15 bits per heavy atom. The second-order valence-electron chi connectivity index (χ2n) is 2.39. The summed E-state index contributed by atoms with van der Waals surface area (Å²) in [4.78, 5) is 9.85. The molecule has 0 heterocycles. The molecule has 0 spiro atoms. The van der Waals surface area contributed by atoms with Crippen LogP contribution in [-0.2, 0) is 4.74 Å². The van der Waals surface area contributed by atoms with Gasteiger partial charge in [0.1, 0.15) is 0 Å². The Bertz CT molecular complexity index is 195. The lowest BCUT2D eigenvalue weighted by atomic mass is 10.2. The number of nitrogens with two attached hydrogens (primary N) is 1. The molecule has 0 atom stereocenters. The van der Waals surface area contributed by atoms with E-state index < -0.39 is 24.5 Å². The lowest BCUT2D eigenvalue weighted by molar-refractivity contribution is -0.322. The van der Waals surface area contributed by atoms with Gasteiger partial charge in [-0.25, -0.2) is 4.79 Å². The Hall–Kier alpha value is -1.01. The number of carbonyl (C=O) groups is 1. The van der Waals surface area contributed by atoms with Crippen molar-refractivity contribution in [2.24, 2.45) is 5.73 Å². The molecule has 0 saturated heterocycles. The summed E-state index contributed by atoms with van der Waals surface area (Å²) in [5, 5.41) is 0. The molecule has 0 aliphatic carbocycles. The zero-order valence-electron chi connectivity index (χ0n) is 6.82. The quantitative estimate of drug-likeness (QED) is 0.711. The number of halogens is 4. The number of amides is 1. The van der Waals surface area contributed by atoms with E-state index >= 15 is 0 Å². The van der Waals surface area contributed by atoms with Crippen LogP contribution in [0.25, 0.3) is 0 Å². The van der Waals surface area contributed by atoms with Crippen molar-refractivity contribution in [3.8, 4) is 0 Å². The number of primary amides is 1. The van der Waals surface area contributed by atoms with E-state index in [1.54, 1.807) is 0 Å². The highest BCUT2D eigenvalue weighted by Gasteiger charge is 2.59. The van der Waals surface area contributed by atoms with Crippen LogP contribution in [0.4, 0.5) is 22.4 Å². The van der Waals surface area contributed by atoms with Gasteiger partial charge in [0.2, 0.25) is 0 Å². The highest BCUT2D eigenvalue weighted by Crippen LogP contribution is 2.38. The summed E-state index contributed by atoms with van der Waals surface area (Å²) in [6.07, 6.45) is -8.01. The summed E-state index contributed by atoms with van der Waals surface area (Å²) in [7, 11) is 0. The molecule has 0 aromatic rings. The van der Waals surface area contributed by atoms with Gasteiger partial charge in [0.15, 0.2) is 0 Å². The smallest absolute Gasteiger partial charge is 0.379 e. The van der Waals surface area contributed by atoms with E-state index in [0.29, 0.717) is 0 Å². The molecular formula is C6H9F4NO2. The van der Waals surface area contributed by atoms with E-state index in [2.05, 4.69) is 10.5 Å². The predicted octanol–water partition coefficient (Wildman–Crippen LogP) is 2.11. The third-order valence-corrected chi connectivity index (χ3v) is 1.22. The van der Waals surface area contributed by atoms with Crippen molar-refractivity contribution < 1.29 is 27.1 Å². The SMILES string of the molecule is CCCC(F)(F)C(F)(F)OC(N)=O. The monoisotopic (exact) mass is 203 g/mol. The summed E-state index contributed by atoms with van der Waals surface area (Å²) in [6.45, 7) is 1.30. The molecular weight excluding hydrogens is 194 g/mol. The zero-order chi connectivity index (χ0) is 10.7. The Kier molecular flexibility index (Phi) is 3.50. The first kappa shape index (κ1) is 12.0. The Labute approximate surface area is 71.8 Å². The van der Waals surface area contributed by atoms with Gasteiger partial charge in [-0.3, -0.25) is 0 Å². The molecule has 0 rings (SSSR count). The number of hydrogen-bond donors (Lipinski definition) is 1. The van der Waals surface area contributed by atoms with Crippen LogP contribution in [0.3, 0.4) is 0 Å². The third-order valence-electron chi connectivity index (χ3n) is 1.22. The molecule has 0 unspecified atom stereocenters. The molecule has 0 saturated carbocycles. The average molecular weight is 203 g/mol. The van der Waals surface area contributed by atoms with Crippen LogP contribution in [0.1, 0.15) is 19.8 Å². The van der Waals surface area contributed by atoms with Crippen LogP contribution in [0.5, 0.6) is 0 Å². The van der Waals surface area contributed by atoms with Gasteiger partial charge in [0, 0.05) is 6.42 Å². The fraction of sp³-hybridized carbons (Fsp3) is 0.833. The first-order chi connectivity index (χ1) is 5.73. The maximum atomic E-state index is 12.5. The van der Waals surface area contributed by atoms with Crippen molar-refractivity contribution in [2.45, 2.75) is 31.8 Å². The van der Waals surface area contributed by atoms with E-state index in [-0.39, 0.29) is 6.42 Å². The summed E-state index contributed by atoms with van der Waals surface area (Å²) < 4.78 is 52.7. The van der Waals surface area contributed by atoms with Gasteiger partial charge in [-0.2, -0.15) is 17.6 Å². The molecule has 13 heavy (non-hydrogen) atoms. The van der Waals surface area contributed by atoms with Gasteiger partial charge in [0.05, 0.1) is 0 Å². The van der Waals surface area contributed by atoms with E-state index in [4.69, 9.17) is 0 Å². The number of alkyl halides is 4. The molecule has 0 aromatic carbocycles. The van der Waals surface area contributed by atoms with Gasteiger partial charge in [-0.15, -0.1) is 0 Å². The van der Waals surface area contributed by atoms with E-state index in [0.717, 1.165) is 0 Å². The Morgan fingerprint density at radius 2 is 1.85 bits per heavy atom. The molecule has 7 heteroatoms. The minimum absolute atomic E-state index is 0.162. The van der Waals surface area contributed by atoms with Gasteiger partial charge >= 0.3 is 18.1 Å². The maximum absolute atomic E-state index is 12.5. The average Bonchev–Trinajstić information content (AvgIpc) is 1.82. The van der Waals surface area contributed by atoms with Gasteiger partial charge < -0.3 is 10.5 Å². The van der Waals surface area contributed by atoms with Gasteiger partial charge in [-0.05, 0) is 0 Å². The second-order valence-corrected chi connectivity index (χ2v) is 2.39. The lowest BCUT2D eigenvalue weighted by Gasteiger charge is -2.24. The predicted molar refractivity (Wildman–Crippen MR) is 35.5 cm³/mol. The standard InChI is InChI=1S/C6H9F4NO2/c1-2-3-5(7,8)6(9,10)13-4(11)12/h2-3H2,1H3,(H2,11,12). The van der Waals surface area contributed by atoms with Crippen LogP contribution in [-0.4, -0.2) is 18.1 Å². The number of hydrogen-bond acceptors (Lipinski definition) is 2. The van der Waals surface area contributed by atoms with Crippen molar-refractivity contribution in [3.05, 3.63) is 0 Å². The molecule has 0 aliphatic rings. The molecule has 0 fully saturated rings. The van der Waals surface area contributed by atoms with Crippen molar-refractivity contribution in [1.29, 1.82) is 0 Å². The highest BCUT2D eigenvalue weighted by atomic mass is 19.3. The number of ether oxygens (including phenoxy) is 1. The number of carbonyl (C=O) groups excluding carboxylic acids is 1. The minimum Gasteiger partial charge on any atom is -0.379 e. The second kappa shape index (κ2) is 3.80. The van der Waals surface area contributed by atoms with E-state index in [1.807, 2.05) is 0 Å². The topological polar surface area (TPSA) is 52.3 Å².